The fourth-order valence-corrected chi connectivity index (χ4v) is 2.13. The lowest BCUT2D eigenvalue weighted by atomic mass is 10.1. The maximum absolute atomic E-state index is 12.4. The molecular formula is C12H17N3O4. The molecule has 0 aliphatic carbocycles. The largest absolute Gasteiger partial charge is 0.467 e. The fourth-order valence-electron chi connectivity index (χ4n) is 2.13. The van der Waals surface area contributed by atoms with Crippen LogP contribution in [-0.4, -0.2) is 59.9 Å². The van der Waals surface area contributed by atoms with Crippen LogP contribution in [0.4, 0.5) is 0 Å². The average molecular weight is 267 g/mol. The molecule has 2 rings (SSSR count). The lowest BCUT2D eigenvalue weighted by Gasteiger charge is -2.31. The van der Waals surface area contributed by atoms with E-state index in [1.165, 1.54) is 7.11 Å². The van der Waals surface area contributed by atoms with Crippen LogP contribution in [0.25, 0.3) is 0 Å². The van der Waals surface area contributed by atoms with Gasteiger partial charge in [-0.05, 0) is 13.8 Å². The van der Waals surface area contributed by atoms with Gasteiger partial charge in [0.2, 0.25) is 0 Å². The number of aryl methyl sites for hydroxylation is 2. The van der Waals surface area contributed by atoms with Crippen molar-refractivity contribution in [3.8, 4) is 0 Å². The molecule has 19 heavy (non-hydrogen) atoms. The zero-order valence-corrected chi connectivity index (χ0v) is 11.2. The van der Waals surface area contributed by atoms with Crippen molar-refractivity contribution in [3.05, 3.63) is 17.0 Å². The summed E-state index contributed by atoms with van der Waals surface area (Å²) in [6.07, 6.45) is -0.713. The molecule has 1 unspecified atom stereocenters. The third-order valence-corrected chi connectivity index (χ3v) is 3.16. The summed E-state index contributed by atoms with van der Waals surface area (Å²) in [5, 5.41) is 6.79. The zero-order chi connectivity index (χ0) is 14.0. The number of carbonyl (C=O) groups is 2. The van der Waals surface area contributed by atoms with Crippen LogP contribution in [0.3, 0.4) is 0 Å². The molecule has 1 atom stereocenters. The molecule has 1 amide bonds. The molecule has 0 bridgehead atoms. The van der Waals surface area contributed by atoms with E-state index in [2.05, 4.69) is 14.9 Å². The summed E-state index contributed by atoms with van der Waals surface area (Å²) in [6, 6.07) is 0. The van der Waals surface area contributed by atoms with Crippen molar-refractivity contribution in [1.82, 2.24) is 15.1 Å². The van der Waals surface area contributed by atoms with Crippen LogP contribution in [0.1, 0.15) is 21.7 Å². The summed E-state index contributed by atoms with van der Waals surface area (Å²) < 4.78 is 9.93. The van der Waals surface area contributed by atoms with Crippen LogP contribution in [0.15, 0.2) is 0 Å². The van der Waals surface area contributed by atoms with Gasteiger partial charge in [-0.15, -0.1) is 0 Å². The molecule has 0 radical (unpaired) electrons. The second kappa shape index (κ2) is 5.40. The monoisotopic (exact) mass is 267 g/mol. The van der Waals surface area contributed by atoms with Gasteiger partial charge in [0.05, 0.1) is 31.5 Å². The van der Waals surface area contributed by atoms with E-state index in [0.29, 0.717) is 24.4 Å². The van der Waals surface area contributed by atoms with Gasteiger partial charge in [-0.2, -0.15) is 5.10 Å². The highest BCUT2D eigenvalue weighted by Crippen LogP contribution is 2.16. The first-order valence-electron chi connectivity index (χ1n) is 6.05. The Morgan fingerprint density at radius 2 is 2.21 bits per heavy atom. The van der Waals surface area contributed by atoms with Crippen molar-refractivity contribution in [1.29, 1.82) is 0 Å². The smallest absolute Gasteiger partial charge is 0.336 e. The third kappa shape index (κ3) is 2.60. The molecule has 7 nitrogen and oxygen atoms in total. The molecule has 1 aliphatic heterocycles. The summed E-state index contributed by atoms with van der Waals surface area (Å²) in [4.78, 5) is 25.5. The standard InChI is InChI=1S/C12H17N3O4/c1-7-10(8(2)14-13-7)11(16)15-4-5-19-9(6-15)12(17)18-3/h9H,4-6H2,1-3H3,(H,13,14). The van der Waals surface area contributed by atoms with Gasteiger partial charge in [0.1, 0.15) is 0 Å². The van der Waals surface area contributed by atoms with E-state index in [-0.39, 0.29) is 12.5 Å². The highest BCUT2D eigenvalue weighted by Gasteiger charge is 2.31. The number of aromatic amines is 1. The number of amides is 1. The van der Waals surface area contributed by atoms with Gasteiger partial charge in [0, 0.05) is 12.2 Å². The molecule has 7 heteroatoms. The molecule has 2 heterocycles. The average Bonchev–Trinajstić information content (AvgIpc) is 2.76. The predicted molar refractivity (Wildman–Crippen MR) is 65.7 cm³/mol. The summed E-state index contributed by atoms with van der Waals surface area (Å²) in [7, 11) is 1.30. The summed E-state index contributed by atoms with van der Waals surface area (Å²) in [5.41, 5.74) is 1.94. The summed E-state index contributed by atoms with van der Waals surface area (Å²) in [6.45, 7) is 4.55. The molecule has 1 aliphatic rings. The Balaban J connectivity index is 2.14. The Bertz CT molecular complexity index is 478. The van der Waals surface area contributed by atoms with E-state index in [1.807, 2.05) is 0 Å². The fraction of sp³-hybridized carbons (Fsp3) is 0.583. The number of nitrogens with one attached hydrogen (secondary N) is 1. The Morgan fingerprint density at radius 1 is 1.47 bits per heavy atom. The Labute approximate surface area is 110 Å². The normalized spacial score (nSPS) is 19.3. The third-order valence-electron chi connectivity index (χ3n) is 3.16. The van der Waals surface area contributed by atoms with Gasteiger partial charge in [-0.1, -0.05) is 0 Å². The van der Waals surface area contributed by atoms with E-state index >= 15 is 0 Å². The van der Waals surface area contributed by atoms with Crippen molar-refractivity contribution < 1.29 is 19.1 Å². The van der Waals surface area contributed by atoms with Crippen LogP contribution in [0, 0.1) is 13.8 Å². The van der Waals surface area contributed by atoms with Crippen molar-refractivity contribution >= 4 is 11.9 Å². The maximum atomic E-state index is 12.4. The number of morpholine rings is 1. The van der Waals surface area contributed by atoms with Gasteiger partial charge in [-0.25, -0.2) is 4.79 Å². The first-order valence-corrected chi connectivity index (χ1v) is 6.05. The van der Waals surface area contributed by atoms with Gasteiger partial charge in [0.15, 0.2) is 6.10 Å². The van der Waals surface area contributed by atoms with E-state index < -0.39 is 12.1 Å². The lowest BCUT2D eigenvalue weighted by molar-refractivity contribution is -0.158. The first kappa shape index (κ1) is 13.5. The minimum Gasteiger partial charge on any atom is -0.467 e. The molecule has 1 aromatic rings. The maximum Gasteiger partial charge on any atom is 0.336 e. The molecule has 0 saturated carbocycles. The van der Waals surface area contributed by atoms with Crippen LogP contribution in [0.5, 0.6) is 0 Å². The van der Waals surface area contributed by atoms with Crippen molar-refractivity contribution in [2.75, 3.05) is 26.8 Å². The number of H-pyrrole nitrogens is 1. The predicted octanol–water partition coefficient (Wildman–Crippen LogP) is 0.0405. The molecule has 0 spiro atoms. The minimum absolute atomic E-state index is 0.138. The van der Waals surface area contributed by atoms with Crippen LogP contribution >= 0.6 is 0 Å². The molecule has 1 aromatic heterocycles. The quantitative estimate of drug-likeness (QED) is 0.765. The second-order valence-corrected chi connectivity index (χ2v) is 4.44. The molecule has 1 saturated heterocycles. The number of hydrogen-bond donors (Lipinski definition) is 1. The van der Waals surface area contributed by atoms with E-state index in [0.717, 1.165) is 5.69 Å². The summed E-state index contributed by atoms with van der Waals surface area (Å²) in [5.74, 6) is -0.598. The number of hydrogen-bond acceptors (Lipinski definition) is 5. The number of aromatic nitrogens is 2. The minimum atomic E-state index is -0.713. The number of nitrogens with zero attached hydrogens (tertiary/aromatic N) is 2. The highest BCUT2D eigenvalue weighted by molar-refractivity contribution is 5.96. The number of rotatable bonds is 2. The van der Waals surface area contributed by atoms with Gasteiger partial charge < -0.3 is 14.4 Å². The van der Waals surface area contributed by atoms with E-state index in [9.17, 15) is 9.59 Å². The molecule has 0 aromatic carbocycles. The van der Waals surface area contributed by atoms with Crippen LogP contribution < -0.4 is 0 Å². The molecule has 1 fully saturated rings. The molecule has 1 N–H and O–H groups in total. The highest BCUT2D eigenvalue weighted by atomic mass is 16.6. The van der Waals surface area contributed by atoms with Crippen LogP contribution in [-0.2, 0) is 14.3 Å². The Hall–Kier alpha value is -1.89. The number of esters is 1. The van der Waals surface area contributed by atoms with Gasteiger partial charge in [-0.3, -0.25) is 9.89 Å². The number of methoxy groups -OCH3 is 1. The van der Waals surface area contributed by atoms with E-state index in [1.54, 1.807) is 18.7 Å². The number of carbonyl (C=O) groups excluding carboxylic acids is 2. The molecular weight excluding hydrogens is 250 g/mol. The number of ether oxygens (including phenoxy) is 2. The SMILES string of the molecule is COC(=O)C1CN(C(=O)c2c(C)n[nH]c2C)CCO1. The zero-order valence-electron chi connectivity index (χ0n) is 11.2. The van der Waals surface area contributed by atoms with Crippen LogP contribution in [0.2, 0.25) is 0 Å². The van der Waals surface area contributed by atoms with Crippen molar-refractivity contribution in [2.24, 2.45) is 0 Å². The Kier molecular flexibility index (Phi) is 3.84. The lowest BCUT2D eigenvalue weighted by Crippen LogP contribution is -2.49. The topological polar surface area (TPSA) is 84.5 Å². The molecule has 104 valence electrons. The van der Waals surface area contributed by atoms with Gasteiger partial charge >= 0.3 is 5.97 Å². The van der Waals surface area contributed by atoms with Crippen molar-refractivity contribution in [2.45, 2.75) is 20.0 Å². The summed E-state index contributed by atoms with van der Waals surface area (Å²) >= 11 is 0. The Morgan fingerprint density at radius 3 is 2.79 bits per heavy atom. The second-order valence-electron chi connectivity index (χ2n) is 4.44. The first-order chi connectivity index (χ1) is 9.04. The van der Waals surface area contributed by atoms with Crippen molar-refractivity contribution in [3.63, 3.8) is 0 Å². The van der Waals surface area contributed by atoms with Gasteiger partial charge in [0.25, 0.3) is 5.91 Å². The van der Waals surface area contributed by atoms with E-state index in [4.69, 9.17) is 4.74 Å².